The van der Waals surface area contributed by atoms with Crippen LogP contribution in [0.3, 0.4) is 0 Å². The van der Waals surface area contributed by atoms with Gasteiger partial charge in [-0.3, -0.25) is 108 Å². The Morgan fingerprint density at radius 3 is 2.05 bits per heavy atom. The van der Waals surface area contributed by atoms with Crippen LogP contribution in [0, 0.1) is 34.5 Å². The van der Waals surface area contributed by atoms with E-state index in [9.17, 15) is 50.2 Å². The average Bonchev–Trinajstić information content (AvgIpc) is 1.39. The molecule has 0 bridgehead atoms. The molecular weight excluding hydrogens is 1390 g/mol. The molecule has 1 aromatic rings. The van der Waals surface area contributed by atoms with Crippen LogP contribution < -0.4 is 92.6 Å². The van der Waals surface area contributed by atoms with Gasteiger partial charge in [0.2, 0.25) is 29.6 Å². The number of nitrogens with two attached hydrogens (primary N) is 5. The van der Waals surface area contributed by atoms with Crippen molar-refractivity contribution in [1.29, 1.82) is 10.5 Å². The molecule has 10 unspecified atom stereocenters. The van der Waals surface area contributed by atoms with Gasteiger partial charge in [0.25, 0.3) is 24.1 Å². The number of carboxylic acid groups (broad SMARTS) is 1. The summed E-state index contributed by atoms with van der Waals surface area (Å²) in [4.78, 5) is 115. The normalized spacial score (nSPS) is 22.3. The number of halogens is 6. The average molecular weight is 1490 g/mol. The van der Waals surface area contributed by atoms with Crippen LogP contribution in [-0.4, -0.2) is 296 Å². The van der Waals surface area contributed by atoms with Crippen molar-refractivity contribution >= 4 is 41.8 Å². The van der Waals surface area contributed by atoms with Crippen molar-refractivity contribution in [2.45, 2.75) is 124 Å². The summed E-state index contributed by atoms with van der Waals surface area (Å²) in [5.41, 5.74) is 22.0. The van der Waals surface area contributed by atoms with Crippen LogP contribution in [0.1, 0.15) is 53.0 Å². The van der Waals surface area contributed by atoms with Crippen LogP contribution in [0.5, 0.6) is 0 Å². The second-order valence-corrected chi connectivity index (χ2v) is 24.9. The van der Waals surface area contributed by atoms with Crippen LogP contribution in [0.25, 0.3) is 0 Å². The summed E-state index contributed by atoms with van der Waals surface area (Å²) in [6.45, 7) is -12.6. The molecule has 26 N–H and O–H groups in total. The molecule has 1 aromatic carbocycles. The number of primary amides is 1. The number of morpholine rings is 1. The predicted molar refractivity (Wildman–Crippen MR) is 348 cm³/mol. The molecule has 3 rings (SSSR count). The Bertz CT molecular complexity index is 3070. The van der Waals surface area contributed by atoms with Crippen LogP contribution in [-0.2, 0) is 59.2 Å². The van der Waals surface area contributed by atoms with Gasteiger partial charge >= 0.3 is 35.5 Å². The fourth-order valence-corrected chi connectivity index (χ4v) is 11.5. The third-order valence-electron chi connectivity index (χ3n) is 16.3. The zero-order valence-corrected chi connectivity index (χ0v) is 58.9. The molecule has 5 amide bonds. The number of nitriles is 2. The molecule has 0 aromatic heterocycles. The van der Waals surface area contributed by atoms with Crippen LogP contribution in [0.2, 0.25) is 0 Å². The molecule has 0 spiro atoms. The third-order valence-corrected chi connectivity index (χ3v) is 16.3. The fourth-order valence-electron chi connectivity index (χ4n) is 11.5. The third kappa shape index (κ3) is 19.9. The van der Waals surface area contributed by atoms with E-state index in [-0.39, 0.29) is 58.3 Å². The highest BCUT2D eigenvalue weighted by atomic mass is 19.4. The van der Waals surface area contributed by atoms with Crippen molar-refractivity contribution in [3.05, 3.63) is 35.9 Å². The molecule has 40 nitrogen and oxygen atoms in total. The van der Waals surface area contributed by atoms with E-state index < -0.39 is 209 Å². The molecular formula is C57H101F6N25O15. The van der Waals surface area contributed by atoms with E-state index in [1.165, 1.54) is 96.3 Å². The van der Waals surface area contributed by atoms with Crippen molar-refractivity contribution in [1.82, 2.24) is 94.0 Å². The first-order chi connectivity index (χ1) is 48.0. The second kappa shape index (κ2) is 38.0. The lowest BCUT2D eigenvalue weighted by atomic mass is 9.76. The number of hydrogen-bond acceptors (Lipinski definition) is 34. The van der Waals surface area contributed by atoms with E-state index in [1.54, 1.807) is 0 Å². The summed E-state index contributed by atoms with van der Waals surface area (Å²) in [6, 6.07) is 9.47. The van der Waals surface area contributed by atoms with Crippen molar-refractivity contribution < 1.29 is 99.5 Å². The maximum atomic E-state index is 17.2. The van der Waals surface area contributed by atoms with E-state index in [0.717, 1.165) is 18.9 Å². The number of hydrogen-bond donors (Lipinski definition) is 21. The summed E-state index contributed by atoms with van der Waals surface area (Å²) >= 11 is 0. The highest BCUT2D eigenvalue weighted by Crippen LogP contribution is 2.54. The van der Waals surface area contributed by atoms with Gasteiger partial charge in [-0.05, 0) is 66.0 Å². The molecule has 1 aliphatic heterocycles. The molecule has 1 saturated heterocycles. The van der Waals surface area contributed by atoms with E-state index >= 15 is 40.7 Å². The van der Waals surface area contributed by atoms with Crippen molar-refractivity contribution in [3.63, 3.8) is 0 Å². The number of nitrogens with zero attached hydrogens (tertiary/aromatic N) is 8. The monoisotopic (exact) mass is 1490 g/mol. The lowest BCUT2D eigenvalue weighted by Gasteiger charge is -2.71. The standard InChI is InChI=1S/C57H101F6N25O15/c1-11-72-51(84(8)9,40-17-18-40)88(99)85-45(95)52(98,76-30-37(2)3)103-55(70,57(85,102-48(34-66,46(96)97)73-22-20-64)87(101-33-39-15-13-12-14-16-39)50(68,44(67)94)54(69,80-38(4)91)74-25-28-100-10)86(79-24-27-89)56(75-21-19-58,82-42(92)29-65)53(77-31-41(59)60,81-43(93)32-90)47(5,78-36-49(61,62)63)35-71-23-26-83(6)7/h12-16,32,37,40-41,71-79,89,98-99H,11,17-19,21-31,33,35-36,65,68-70H2,1-10H3,(H2,67,94)(H,80,91)(H,81,93)(H,82,92)(H,96,97). The van der Waals surface area contributed by atoms with Crippen LogP contribution in [0.15, 0.2) is 30.3 Å². The van der Waals surface area contributed by atoms with Crippen LogP contribution >= 0.6 is 0 Å². The number of alkyl halides is 6. The van der Waals surface area contributed by atoms with Gasteiger partial charge in [-0.25, -0.2) is 23.4 Å². The number of aliphatic hydroxyl groups is 2. The maximum absolute atomic E-state index is 17.2. The molecule has 1 heterocycles. The number of benzene rings is 1. The number of nitrogens with one attached hydrogen (secondary N) is 12. The topological polar surface area (TPSA) is 579 Å². The van der Waals surface area contributed by atoms with Gasteiger partial charge in [-0.15, -0.1) is 0 Å². The zero-order chi connectivity index (χ0) is 78.4. The first-order valence-electron chi connectivity index (χ1n) is 32.0. The van der Waals surface area contributed by atoms with E-state index in [4.69, 9.17) is 47.7 Å². The van der Waals surface area contributed by atoms with Gasteiger partial charge in [0.1, 0.15) is 12.7 Å². The molecule has 586 valence electrons. The predicted octanol–water partition coefficient (Wildman–Crippen LogP) is -8.15. The quantitative estimate of drug-likeness (QED) is 0.00548. The number of hydroxylamine groups is 3. The summed E-state index contributed by atoms with van der Waals surface area (Å²) < 4.78 is 113. The minimum absolute atomic E-state index is 0.000150. The van der Waals surface area contributed by atoms with Gasteiger partial charge in [-0.1, -0.05) is 61.3 Å². The number of hydrazine groups is 2. The molecule has 1 saturated carbocycles. The smallest absolute Gasteiger partial charge is 0.401 e. The largest absolute Gasteiger partial charge is 0.477 e. The second-order valence-electron chi connectivity index (χ2n) is 24.9. The number of aliphatic carboxylic acids is 1. The Morgan fingerprint density at radius 2 is 1.57 bits per heavy atom. The molecule has 1 aliphatic carbocycles. The number of aliphatic hydroxyl groups excluding tert-OH is 1. The maximum Gasteiger partial charge on any atom is 0.401 e. The zero-order valence-electron chi connectivity index (χ0n) is 58.9. The highest BCUT2D eigenvalue weighted by Gasteiger charge is 2.86. The first-order valence-corrected chi connectivity index (χ1v) is 32.0. The Labute approximate surface area is 590 Å². The Morgan fingerprint density at radius 1 is 0.932 bits per heavy atom. The Hall–Kier alpha value is -6.73. The summed E-state index contributed by atoms with van der Waals surface area (Å²) in [5.74, 6) is -39.2. The van der Waals surface area contributed by atoms with Crippen molar-refractivity contribution in [3.8, 4) is 12.1 Å². The molecule has 10 atom stereocenters. The van der Waals surface area contributed by atoms with Gasteiger partial charge in [0.05, 0.1) is 57.6 Å². The van der Waals surface area contributed by atoms with Gasteiger partial charge < -0.3 is 57.7 Å². The summed E-state index contributed by atoms with van der Waals surface area (Å²) in [7, 11) is 6.69. The molecule has 46 heteroatoms. The van der Waals surface area contributed by atoms with E-state index in [2.05, 4.69) is 53.3 Å². The molecule has 103 heavy (non-hydrogen) atoms. The van der Waals surface area contributed by atoms with Crippen molar-refractivity contribution in [2.75, 3.05) is 134 Å². The SMILES string of the molecule is CCNC(C1CC1)(N(C)C)N(O)N1C(=O)C(O)(NCC(C)C)OC(N)(N(NCCO)C(NCCF)(NC(=O)CN)C(NCC(F)F)(NC(=O)C=O)C(C)(CNCCN(C)C)NCC(F)(F)F)C1(OC(C#N)(NCC#N)C(=O)O)N(OCc1ccccc1)C(N)(C(N)=O)C(N)(NCCOC)NC(C)=O. The number of likely N-dealkylation sites (N-methyl/N-ethyl adjacent to an activating group) is 1. The highest BCUT2D eigenvalue weighted by molar-refractivity contribution is 6.24. The number of aldehydes is 1. The molecule has 2 aliphatic rings. The Balaban J connectivity index is 3.61. The van der Waals surface area contributed by atoms with E-state index in [1.807, 2.05) is 10.6 Å². The summed E-state index contributed by atoms with van der Waals surface area (Å²) in [5, 5.41) is 98.4. The van der Waals surface area contributed by atoms with Crippen molar-refractivity contribution in [2.24, 2.45) is 40.5 Å². The Kier molecular flexibility index (Phi) is 33.4. The van der Waals surface area contributed by atoms with Gasteiger partial charge in [0, 0.05) is 65.8 Å². The fraction of sp³-hybridized carbons (Fsp3) is 0.737. The number of amides is 5. The lowest BCUT2D eigenvalue weighted by Crippen LogP contribution is -3.04. The number of ether oxygens (including phenoxy) is 3. The minimum Gasteiger partial charge on any atom is -0.477 e. The number of rotatable bonds is 50. The van der Waals surface area contributed by atoms with Gasteiger partial charge in [0.15, 0.2) is 17.2 Å². The molecule has 2 fully saturated rings. The number of carbonyl (C=O) groups is 7. The first kappa shape index (κ1) is 90.5. The molecule has 0 radical (unpaired) electrons. The number of carboxylic acids is 1. The van der Waals surface area contributed by atoms with Crippen LogP contribution in [0.4, 0.5) is 26.3 Å². The number of methoxy groups -OCH3 is 1. The van der Waals surface area contributed by atoms with E-state index in [0.29, 0.717) is 6.92 Å². The lowest BCUT2D eigenvalue weighted by molar-refractivity contribution is -0.559. The summed E-state index contributed by atoms with van der Waals surface area (Å²) in [6.07, 6.45) is -9.88. The van der Waals surface area contributed by atoms with Gasteiger partial charge in [-0.2, -0.15) is 33.7 Å². The minimum atomic E-state index is -5.45. The number of carbonyl (C=O) groups excluding carboxylic acids is 6.